The molecule has 122 valence electrons. The van der Waals surface area contributed by atoms with Crippen LogP contribution in [0.3, 0.4) is 0 Å². The zero-order valence-electron chi connectivity index (χ0n) is 12.9. The van der Waals surface area contributed by atoms with Crippen molar-refractivity contribution in [3.05, 3.63) is 70.3 Å². The van der Waals surface area contributed by atoms with Crippen LogP contribution in [0.5, 0.6) is 0 Å². The van der Waals surface area contributed by atoms with Gasteiger partial charge in [0.15, 0.2) is 5.82 Å². The van der Waals surface area contributed by atoms with E-state index in [-0.39, 0.29) is 6.04 Å². The molecule has 3 rings (SSSR count). The molecule has 3 aromatic rings. The maximum atomic E-state index is 6.15. The van der Waals surface area contributed by atoms with Crippen molar-refractivity contribution in [2.24, 2.45) is 0 Å². The summed E-state index contributed by atoms with van der Waals surface area (Å²) < 4.78 is 0. The fourth-order valence-electron chi connectivity index (χ4n) is 2.17. The lowest BCUT2D eigenvalue weighted by molar-refractivity contribution is 0.841. The molecule has 1 heterocycles. The van der Waals surface area contributed by atoms with Gasteiger partial charge in [0.2, 0.25) is 5.95 Å². The standard InChI is InChI=1S/C17H15Cl2N5/c1-11(12-5-3-2-4-6-12)21-17-23-16(10-20-24-17)22-15-9-13(18)7-8-14(15)19/h2-11H,1H3,(H2,21,22,23,24). The molecule has 0 fully saturated rings. The smallest absolute Gasteiger partial charge is 0.245 e. The van der Waals surface area contributed by atoms with Crippen molar-refractivity contribution in [2.45, 2.75) is 13.0 Å². The molecule has 1 aromatic heterocycles. The van der Waals surface area contributed by atoms with Gasteiger partial charge in [-0.05, 0) is 30.7 Å². The topological polar surface area (TPSA) is 62.7 Å². The number of anilines is 3. The zero-order valence-corrected chi connectivity index (χ0v) is 14.4. The zero-order chi connectivity index (χ0) is 16.9. The normalized spacial score (nSPS) is 11.8. The highest BCUT2D eigenvalue weighted by Crippen LogP contribution is 2.28. The maximum absolute atomic E-state index is 6.15. The molecule has 0 aliphatic heterocycles. The van der Waals surface area contributed by atoms with Crippen LogP contribution in [0.15, 0.2) is 54.7 Å². The molecule has 0 saturated heterocycles. The number of nitrogens with zero attached hydrogens (tertiary/aromatic N) is 3. The van der Waals surface area contributed by atoms with Gasteiger partial charge in [0.1, 0.15) is 0 Å². The maximum Gasteiger partial charge on any atom is 0.245 e. The highest BCUT2D eigenvalue weighted by Gasteiger charge is 2.09. The first kappa shape index (κ1) is 16.5. The first-order chi connectivity index (χ1) is 11.6. The molecule has 0 aliphatic carbocycles. The third-order valence-electron chi connectivity index (χ3n) is 3.40. The Bertz CT molecular complexity index is 826. The van der Waals surface area contributed by atoms with Crippen molar-refractivity contribution < 1.29 is 0 Å². The molecule has 1 atom stereocenters. The number of nitrogens with one attached hydrogen (secondary N) is 2. The molecule has 0 aliphatic rings. The lowest BCUT2D eigenvalue weighted by atomic mass is 10.1. The summed E-state index contributed by atoms with van der Waals surface area (Å²) in [6.07, 6.45) is 1.52. The van der Waals surface area contributed by atoms with E-state index in [2.05, 4.69) is 25.8 Å². The van der Waals surface area contributed by atoms with Gasteiger partial charge < -0.3 is 10.6 Å². The lowest BCUT2D eigenvalue weighted by Crippen LogP contribution is -2.10. The summed E-state index contributed by atoms with van der Waals surface area (Å²) >= 11 is 12.1. The first-order valence-corrected chi connectivity index (χ1v) is 8.11. The third-order valence-corrected chi connectivity index (χ3v) is 3.96. The average molecular weight is 360 g/mol. The molecule has 7 heteroatoms. The van der Waals surface area contributed by atoms with Crippen molar-refractivity contribution in [2.75, 3.05) is 10.6 Å². The molecular formula is C17H15Cl2N5. The Labute approximate surface area is 150 Å². The summed E-state index contributed by atoms with van der Waals surface area (Å²) in [6, 6.07) is 15.3. The Morgan fingerprint density at radius 3 is 2.62 bits per heavy atom. The van der Waals surface area contributed by atoms with Crippen molar-refractivity contribution in [1.29, 1.82) is 0 Å². The fourth-order valence-corrected chi connectivity index (χ4v) is 2.51. The summed E-state index contributed by atoms with van der Waals surface area (Å²) in [5, 5.41) is 15.4. The van der Waals surface area contributed by atoms with Crippen LogP contribution in [-0.2, 0) is 0 Å². The molecule has 1 unspecified atom stereocenters. The van der Waals surface area contributed by atoms with Crippen LogP contribution >= 0.6 is 23.2 Å². The second-order valence-corrected chi connectivity index (χ2v) is 6.03. The molecule has 24 heavy (non-hydrogen) atoms. The van der Waals surface area contributed by atoms with E-state index in [9.17, 15) is 0 Å². The summed E-state index contributed by atoms with van der Waals surface area (Å²) in [7, 11) is 0. The van der Waals surface area contributed by atoms with E-state index < -0.39 is 0 Å². The fraction of sp³-hybridized carbons (Fsp3) is 0.118. The number of aromatic nitrogens is 3. The van der Waals surface area contributed by atoms with Crippen LogP contribution in [0.2, 0.25) is 10.0 Å². The molecule has 0 saturated carbocycles. The van der Waals surface area contributed by atoms with Crippen LogP contribution in [0.4, 0.5) is 17.5 Å². The number of rotatable bonds is 5. The van der Waals surface area contributed by atoms with Crippen LogP contribution in [0, 0.1) is 0 Å². The molecule has 0 radical (unpaired) electrons. The van der Waals surface area contributed by atoms with Gasteiger partial charge in [-0.3, -0.25) is 0 Å². The lowest BCUT2D eigenvalue weighted by Gasteiger charge is -2.14. The Morgan fingerprint density at radius 2 is 1.83 bits per heavy atom. The van der Waals surface area contributed by atoms with Gasteiger partial charge in [0.25, 0.3) is 0 Å². The average Bonchev–Trinajstić information content (AvgIpc) is 2.59. The van der Waals surface area contributed by atoms with Gasteiger partial charge in [-0.25, -0.2) is 0 Å². The predicted octanol–water partition coefficient (Wildman–Crippen LogP) is 5.10. The Balaban J connectivity index is 1.76. The van der Waals surface area contributed by atoms with Gasteiger partial charge in [-0.2, -0.15) is 10.1 Å². The van der Waals surface area contributed by atoms with Crippen molar-refractivity contribution >= 4 is 40.7 Å². The summed E-state index contributed by atoms with van der Waals surface area (Å²) in [5.41, 5.74) is 1.80. The molecule has 0 bridgehead atoms. The quantitative estimate of drug-likeness (QED) is 0.663. The Kier molecular flexibility index (Phi) is 5.13. The van der Waals surface area contributed by atoms with Crippen molar-refractivity contribution in [1.82, 2.24) is 15.2 Å². The van der Waals surface area contributed by atoms with E-state index in [1.165, 1.54) is 6.20 Å². The summed E-state index contributed by atoms with van der Waals surface area (Å²) in [4.78, 5) is 4.41. The monoisotopic (exact) mass is 359 g/mol. The highest BCUT2D eigenvalue weighted by atomic mass is 35.5. The molecule has 5 nitrogen and oxygen atoms in total. The van der Waals surface area contributed by atoms with E-state index in [0.29, 0.717) is 27.5 Å². The first-order valence-electron chi connectivity index (χ1n) is 7.35. The number of halogens is 2. The minimum Gasteiger partial charge on any atom is -0.346 e. The number of benzene rings is 2. The van der Waals surface area contributed by atoms with E-state index in [4.69, 9.17) is 23.2 Å². The summed E-state index contributed by atoms with van der Waals surface area (Å²) in [5.74, 6) is 0.950. The predicted molar refractivity (Wildman–Crippen MR) is 98.1 cm³/mol. The number of hydrogen-bond acceptors (Lipinski definition) is 5. The Morgan fingerprint density at radius 1 is 1.04 bits per heavy atom. The molecule has 0 amide bonds. The highest BCUT2D eigenvalue weighted by molar-refractivity contribution is 6.35. The van der Waals surface area contributed by atoms with Crippen molar-refractivity contribution in [3.63, 3.8) is 0 Å². The second-order valence-electron chi connectivity index (χ2n) is 5.19. The molecular weight excluding hydrogens is 345 g/mol. The summed E-state index contributed by atoms with van der Waals surface area (Å²) in [6.45, 7) is 2.03. The van der Waals surface area contributed by atoms with E-state index >= 15 is 0 Å². The van der Waals surface area contributed by atoms with Crippen molar-refractivity contribution in [3.8, 4) is 0 Å². The van der Waals surface area contributed by atoms with E-state index in [1.54, 1.807) is 18.2 Å². The Hall–Kier alpha value is -2.37. The van der Waals surface area contributed by atoms with Crippen LogP contribution in [0.25, 0.3) is 0 Å². The minimum absolute atomic E-state index is 0.0537. The largest absolute Gasteiger partial charge is 0.346 e. The van der Waals surface area contributed by atoms with Crippen LogP contribution in [0.1, 0.15) is 18.5 Å². The third kappa shape index (κ3) is 4.13. The van der Waals surface area contributed by atoms with E-state index in [1.807, 2.05) is 37.3 Å². The molecule has 2 N–H and O–H groups in total. The number of hydrogen-bond donors (Lipinski definition) is 2. The minimum atomic E-state index is 0.0537. The van der Waals surface area contributed by atoms with Gasteiger partial charge in [0, 0.05) is 5.02 Å². The molecule has 2 aromatic carbocycles. The second kappa shape index (κ2) is 7.47. The van der Waals surface area contributed by atoms with Gasteiger partial charge >= 0.3 is 0 Å². The van der Waals surface area contributed by atoms with Gasteiger partial charge in [0.05, 0.1) is 22.9 Å². The van der Waals surface area contributed by atoms with Crippen LogP contribution in [-0.4, -0.2) is 15.2 Å². The van der Waals surface area contributed by atoms with E-state index in [0.717, 1.165) is 5.56 Å². The SMILES string of the molecule is CC(Nc1nncc(Nc2cc(Cl)ccc2Cl)n1)c1ccccc1. The van der Waals surface area contributed by atoms with Gasteiger partial charge in [-0.15, -0.1) is 5.10 Å². The van der Waals surface area contributed by atoms with Crippen LogP contribution < -0.4 is 10.6 Å². The molecule has 0 spiro atoms. The van der Waals surface area contributed by atoms with Gasteiger partial charge in [-0.1, -0.05) is 53.5 Å².